The molecule has 0 saturated carbocycles. The number of hydrogen-bond donors (Lipinski definition) is 1. The van der Waals surface area contributed by atoms with Crippen molar-refractivity contribution in [3.63, 3.8) is 0 Å². The van der Waals surface area contributed by atoms with Gasteiger partial charge in [-0.25, -0.2) is 0 Å². The Morgan fingerprint density at radius 3 is 2.38 bits per heavy atom. The minimum absolute atomic E-state index is 0. The van der Waals surface area contributed by atoms with E-state index in [1.807, 2.05) is 47.4 Å². The van der Waals surface area contributed by atoms with Crippen LogP contribution in [0, 0.1) is 0 Å². The molecule has 0 radical (unpaired) electrons. The van der Waals surface area contributed by atoms with Gasteiger partial charge in [0, 0.05) is 31.1 Å². The van der Waals surface area contributed by atoms with E-state index in [1.54, 1.807) is 0 Å². The molecule has 1 heterocycles. The van der Waals surface area contributed by atoms with Gasteiger partial charge in [-0.1, -0.05) is 48.5 Å². The van der Waals surface area contributed by atoms with Gasteiger partial charge in [0.1, 0.15) is 0 Å². The van der Waals surface area contributed by atoms with Crippen LogP contribution in [0.4, 0.5) is 0 Å². The second-order valence-corrected chi connectivity index (χ2v) is 5.19. The number of fused-ring (bicyclic) bond motifs is 1. The highest BCUT2D eigenvalue weighted by Crippen LogP contribution is 2.25. The summed E-state index contributed by atoms with van der Waals surface area (Å²) in [6.45, 7) is 1.91. The normalized spacial score (nSPS) is 14.5. The summed E-state index contributed by atoms with van der Waals surface area (Å²) in [4.78, 5) is 14.3. The third-order valence-electron chi connectivity index (χ3n) is 3.89. The zero-order valence-corrected chi connectivity index (χ0v) is 12.6. The van der Waals surface area contributed by atoms with Crippen molar-refractivity contribution >= 4 is 18.3 Å². The Bertz CT molecular complexity index is 615. The van der Waals surface area contributed by atoms with E-state index in [4.69, 9.17) is 5.73 Å². The van der Waals surface area contributed by atoms with Gasteiger partial charge in [0.15, 0.2) is 0 Å². The average Bonchev–Trinajstić information content (AvgIpc) is 2.82. The molecule has 0 spiro atoms. The van der Waals surface area contributed by atoms with Crippen molar-refractivity contribution in [2.75, 3.05) is 13.1 Å². The van der Waals surface area contributed by atoms with Crippen molar-refractivity contribution in [2.45, 2.75) is 12.5 Å². The number of benzene rings is 2. The van der Waals surface area contributed by atoms with Gasteiger partial charge in [-0.15, -0.1) is 12.4 Å². The van der Waals surface area contributed by atoms with E-state index in [9.17, 15) is 4.79 Å². The Labute approximate surface area is 131 Å². The second kappa shape index (κ2) is 6.74. The molecule has 1 atom stereocenters. The van der Waals surface area contributed by atoms with Gasteiger partial charge in [0.2, 0.25) is 0 Å². The maximum atomic E-state index is 12.4. The molecule has 2 aromatic carbocycles. The molecule has 2 N–H and O–H groups in total. The number of amides is 1. The molecule has 3 rings (SSSR count). The highest BCUT2D eigenvalue weighted by atomic mass is 35.5. The fourth-order valence-corrected chi connectivity index (χ4v) is 2.77. The number of carbonyl (C=O) groups excluding carboxylic acids is 1. The lowest BCUT2D eigenvalue weighted by molar-refractivity contribution is 0.0769. The minimum atomic E-state index is 0. The summed E-state index contributed by atoms with van der Waals surface area (Å²) >= 11 is 0. The Hall–Kier alpha value is -1.84. The predicted octanol–water partition coefficient (Wildman–Crippen LogP) is 2.81. The number of halogens is 1. The van der Waals surface area contributed by atoms with E-state index in [0.717, 1.165) is 11.1 Å². The topological polar surface area (TPSA) is 46.3 Å². The Balaban J connectivity index is 0.00000161. The van der Waals surface area contributed by atoms with Crippen LogP contribution in [-0.2, 0) is 6.54 Å². The van der Waals surface area contributed by atoms with Crippen molar-refractivity contribution in [1.29, 1.82) is 0 Å². The fourth-order valence-electron chi connectivity index (χ4n) is 2.77. The van der Waals surface area contributed by atoms with Crippen molar-refractivity contribution < 1.29 is 4.79 Å². The summed E-state index contributed by atoms with van der Waals surface area (Å²) in [5.74, 6) is 0.310. The summed E-state index contributed by atoms with van der Waals surface area (Å²) in [5, 5.41) is 0. The van der Waals surface area contributed by atoms with E-state index in [2.05, 4.69) is 12.1 Å². The van der Waals surface area contributed by atoms with Gasteiger partial charge in [-0.05, 0) is 17.2 Å². The average molecular weight is 303 g/mol. The van der Waals surface area contributed by atoms with Gasteiger partial charge in [-0.3, -0.25) is 4.79 Å². The first-order chi connectivity index (χ1) is 9.79. The second-order valence-electron chi connectivity index (χ2n) is 5.19. The summed E-state index contributed by atoms with van der Waals surface area (Å²) < 4.78 is 0. The van der Waals surface area contributed by atoms with Crippen LogP contribution in [-0.4, -0.2) is 23.9 Å². The monoisotopic (exact) mass is 302 g/mol. The predicted molar refractivity (Wildman–Crippen MR) is 86.7 cm³/mol. The van der Waals surface area contributed by atoms with Crippen molar-refractivity contribution in [3.05, 3.63) is 71.3 Å². The molecule has 0 aromatic heterocycles. The number of rotatable bonds is 4. The number of hydrogen-bond acceptors (Lipinski definition) is 2. The molecular weight excluding hydrogens is 284 g/mol. The van der Waals surface area contributed by atoms with E-state index in [-0.39, 0.29) is 24.2 Å². The van der Waals surface area contributed by atoms with Crippen LogP contribution in [0.15, 0.2) is 54.6 Å². The third kappa shape index (κ3) is 3.09. The Kier molecular flexibility index (Phi) is 4.99. The third-order valence-corrected chi connectivity index (χ3v) is 3.89. The zero-order chi connectivity index (χ0) is 13.9. The smallest absolute Gasteiger partial charge is 0.254 e. The summed E-state index contributed by atoms with van der Waals surface area (Å²) in [6.07, 6.45) is 0. The highest BCUT2D eigenvalue weighted by Gasteiger charge is 2.28. The molecule has 0 bridgehead atoms. The quantitative estimate of drug-likeness (QED) is 0.944. The molecule has 0 fully saturated rings. The molecule has 1 amide bonds. The Morgan fingerprint density at radius 1 is 1.05 bits per heavy atom. The van der Waals surface area contributed by atoms with Gasteiger partial charge >= 0.3 is 0 Å². The largest absolute Gasteiger partial charge is 0.334 e. The molecule has 2 aromatic rings. The number of nitrogens with two attached hydrogens (primary N) is 1. The first-order valence-corrected chi connectivity index (χ1v) is 6.92. The SMILES string of the molecule is Cl.NCC(CN1Cc2ccccc2C1=O)c1ccccc1. The van der Waals surface area contributed by atoms with E-state index in [0.29, 0.717) is 19.6 Å². The lowest BCUT2D eigenvalue weighted by Gasteiger charge is -2.23. The van der Waals surface area contributed by atoms with Crippen LogP contribution in [0.5, 0.6) is 0 Å². The van der Waals surface area contributed by atoms with E-state index in [1.165, 1.54) is 5.56 Å². The molecule has 4 heteroatoms. The van der Waals surface area contributed by atoms with Crippen LogP contribution in [0.1, 0.15) is 27.4 Å². The lowest BCUT2D eigenvalue weighted by Crippen LogP contribution is -2.32. The molecule has 21 heavy (non-hydrogen) atoms. The molecular formula is C17H19ClN2O. The molecule has 3 nitrogen and oxygen atoms in total. The Morgan fingerprint density at radius 2 is 1.71 bits per heavy atom. The minimum Gasteiger partial charge on any atom is -0.334 e. The zero-order valence-electron chi connectivity index (χ0n) is 11.7. The molecule has 1 aliphatic rings. The van der Waals surface area contributed by atoms with Crippen LogP contribution in [0.25, 0.3) is 0 Å². The van der Waals surface area contributed by atoms with Gasteiger partial charge in [0.05, 0.1) is 0 Å². The van der Waals surface area contributed by atoms with E-state index < -0.39 is 0 Å². The maximum Gasteiger partial charge on any atom is 0.254 e. The van der Waals surface area contributed by atoms with Gasteiger partial charge in [0.25, 0.3) is 5.91 Å². The van der Waals surface area contributed by atoms with Crippen LogP contribution in [0.2, 0.25) is 0 Å². The molecule has 1 aliphatic heterocycles. The first kappa shape index (κ1) is 15.5. The number of carbonyl (C=O) groups is 1. The van der Waals surface area contributed by atoms with Crippen molar-refractivity contribution in [2.24, 2.45) is 5.73 Å². The van der Waals surface area contributed by atoms with Gasteiger partial charge < -0.3 is 10.6 Å². The molecule has 1 unspecified atom stereocenters. The summed E-state index contributed by atoms with van der Waals surface area (Å²) in [6, 6.07) is 18.0. The van der Waals surface area contributed by atoms with Crippen LogP contribution in [0.3, 0.4) is 0 Å². The maximum absolute atomic E-state index is 12.4. The lowest BCUT2D eigenvalue weighted by atomic mass is 9.99. The summed E-state index contributed by atoms with van der Waals surface area (Å²) in [7, 11) is 0. The summed E-state index contributed by atoms with van der Waals surface area (Å²) in [5.41, 5.74) is 9.03. The molecule has 110 valence electrons. The number of nitrogens with zero attached hydrogens (tertiary/aromatic N) is 1. The van der Waals surface area contributed by atoms with E-state index >= 15 is 0 Å². The first-order valence-electron chi connectivity index (χ1n) is 6.92. The standard InChI is InChI=1S/C17H18N2O.ClH/c18-10-15(13-6-2-1-3-7-13)12-19-11-14-8-4-5-9-16(14)17(19)20;/h1-9,15H,10-12,18H2;1H. The van der Waals surface area contributed by atoms with Crippen molar-refractivity contribution in [1.82, 2.24) is 4.90 Å². The van der Waals surface area contributed by atoms with Crippen molar-refractivity contribution in [3.8, 4) is 0 Å². The van der Waals surface area contributed by atoms with Crippen LogP contribution < -0.4 is 5.73 Å². The molecule has 0 aliphatic carbocycles. The highest BCUT2D eigenvalue weighted by molar-refractivity contribution is 5.98. The molecule has 0 saturated heterocycles. The van der Waals surface area contributed by atoms with Crippen LogP contribution >= 0.6 is 12.4 Å². The van der Waals surface area contributed by atoms with Gasteiger partial charge in [-0.2, -0.15) is 0 Å². The fraction of sp³-hybridized carbons (Fsp3) is 0.235.